The summed E-state index contributed by atoms with van der Waals surface area (Å²) in [5.74, 6) is 2.77. The Balaban J connectivity index is 2.14. The van der Waals surface area contributed by atoms with E-state index in [0.29, 0.717) is 36.8 Å². The summed E-state index contributed by atoms with van der Waals surface area (Å²) in [7, 11) is 1.75. The first kappa shape index (κ1) is 17.9. The normalized spacial score (nSPS) is 10.5. The third kappa shape index (κ3) is 4.54. The minimum atomic E-state index is -0.0907. The molecule has 0 aliphatic rings. The molecular formula is C19H25NO4. The molecule has 1 aromatic carbocycles. The van der Waals surface area contributed by atoms with Crippen molar-refractivity contribution in [2.24, 2.45) is 0 Å². The number of hydrogen-bond acceptors (Lipinski definition) is 4. The molecule has 1 heterocycles. The first-order valence-corrected chi connectivity index (χ1v) is 8.25. The van der Waals surface area contributed by atoms with Gasteiger partial charge in [0.25, 0.3) is 5.91 Å². The molecule has 0 aliphatic heterocycles. The van der Waals surface area contributed by atoms with Gasteiger partial charge in [0.05, 0.1) is 19.8 Å². The zero-order chi connectivity index (χ0) is 17.5. The molecule has 0 atom stereocenters. The van der Waals surface area contributed by atoms with E-state index < -0.39 is 0 Å². The molecule has 1 aromatic heterocycles. The van der Waals surface area contributed by atoms with E-state index in [-0.39, 0.29) is 5.91 Å². The van der Waals surface area contributed by atoms with Crippen molar-refractivity contribution in [3.05, 3.63) is 47.4 Å². The molecule has 0 bridgehead atoms. The van der Waals surface area contributed by atoms with Gasteiger partial charge in [-0.3, -0.25) is 4.79 Å². The summed E-state index contributed by atoms with van der Waals surface area (Å²) in [4.78, 5) is 14.2. The maximum absolute atomic E-state index is 12.6. The largest absolute Gasteiger partial charge is 0.490 e. The van der Waals surface area contributed by atoms with Crippen LogP contribution in [0.2, 0.25) is 0 Å². The van der Waals surface area contributed by atoms with Gasteiger partial charge in [0.15, 0.2) is 11.5 Å². The van der Waals surface area contributed by atoms with Crippen LogP contribution in [0.5, 0.6) is 11.5 Å². The molecule has 0 spiro atoms. The topological polar surface area (TPSA) is 51.9 Å². The highest BCUT2D eigenvalue weighted by atomic mass is 16.5. The molecule has 0 fully saturated rings. The smallest absolute Gasteiger partial charge is 0.254 e. The zero-order valence-corrected chi connectivity index (χ0v) is 14.8. The van der Waals surface area contributed by atoms with Crippen molar-refractivity contribution < 1.29 is 18.7 Å². The molecular weight excluding hydrogens is 306 g/mol. The van der Waals surface area contributed by atoms with E-state index >= 15 is 0 Å². The summed E-state index contributed by atoms with van der Waals surface area (Å²) in [6.07, 6.45) is 0.914. The van der Waals surface area contributed by atoms with Gasteiger partial charge in [-0.2, -0.15) is 0 Å². The van der Waals surface area contributed by atoms with Crippen LogP contribution in [-0.2, 0) is 6.54 Å². The number of carbonyl (C=O) groups is 1. The Morgan fingerprint density at radius 3 is 2.54 bits per heavy atom. The molecule has 2 rings (SSSR count). The highest BCUT2D eigenvalue weighted by molar-refractivity contribution is 5.94. The Labute approximate surface area is 143 Å². The average Bonchev–Trinajstić information content (AvgIpc) is 2.98. The minimum absolute atomic E-state index is 0.0907. The lowest BCUT2D eigenvalue weighted by molar-refractivity contribution is 0.0774. The number of carbonyl (C=O) groups excluding carboxylic acids is 1. The van der Waals surface area contributed by atoms with Gasteiger partial charge in [0, 0.05) is 12.6 Å². The maximum atomic E-state index is 12.6. The number of aryl methyl sites for hydroxylation is 1. The van der Waals surface area contributed by atoms with Crippen LogP contribution in [0.25, 0.3) is 0 Å². The van der Waals surface area contributed by atoms with Gasteiger partial charge in [-0.25, -0.2) is 0 Å². The Kier molecular flexibility index (Phi) is 6.29. The Bertz CT molecular complexity index is 678. The number of nitrogens with zero attached hydrogens (tertiary/aromatic N) is 1. The minimum Gasteiger partial charge on any atom is -0.490 e. The van der Waals surface area contributed by atoms with Crippen LogP contribution in [0, 0.1) is 6.92 Å². The van der Waals surface area contributed by atoms with E-state index in [2.05, 4.69) is 0 Å². The summed E-state index contributed by atoms with van der Waals surface area (Å²) in [6.45, 7) is 7.39. The van der Waals surface area contributed by atoms with Crippen LogP contribution in [-0.4, -0.2) is 31.1 Å². The lowest BCUT2D eigenvalue weighted by Gasteiger charge is -2.17. The van der Waals surface area contributed by atoms with E-state index in [1.807, 2.05) is 32.9 Å². The average molecular weight is 331 g/mol. The van der Waals surface area contributed by atoms with E-state index in [9.17, 15) is 4.79 Å². The van der Waals surface area contributed by atoms with E-state index in [1.54, 1.807) is 30.1 Å². The molecule has 5 heteroatoms. The molecule has 0 saturated carbocycles. The molecule has 0 radical (unpaired) electrons. The van der Waals surface area contributed by atoms with Gasteiger partial charge in [-0.05, 0) is 50.6 Å². The molecule has 2 aromatic rings. The van der Waals surface area contributed by atoms with Crippen LogP contribution < -0.4 is 9.47 Å². The summed E-state index contributed by atoms with van der Waals surface area (Å²) >= 11 is 0. The fourth-order valence-corrected chi connectivity index (χ4v) is 2.34. The van der Waals surface area contributed by atoms with Crippen LogP contribution >= 0.6 is 0 Å². The van der Waals surface area contributed by atoms with Gasteiger partial charge < -0.3 is 18.8 Å². The predicted octanol–water partition coefficient (Wildman–Crippen LogP) is 4.05. The van der Waals surface area contributed by atoms with E-state index in [1.165, 1.54) is 0 Å². The molecule has 0 unspecified atom stereocenters. The van der Waals surface area contributed by atoms with Gasteiger partial charge in [-0.15, -0.1) is 0 Å². The number of hydrogen-bond donors (Lipinski definition) is 0. The Hall–Kier alpha value is -2.43. The van der Waals surface area contributed by atoms with Crippen molar-refractivity contribution in [1.82, 2.24) is 4.90 Å². The monoisotopic (exact) mass is 331 g/mol. The van der Waals surface area contributed by atoms with Gasteiger partial charge in [-0.1, -0.05) is 6.92 Å². The second-order valence-corrected chi connectivity index (χ2v) is 5.62. The fraction of sp³-hybridized carbons (Fsp3) is 0.421. The quantitative estimate of drug-likeness (QED) is 0.732. The fourth-order valence-electron chi connectivity index (χ4n) is 2.34. The number of ether oxygens (including phenoxy) is 2. The highest BCUT2D eigenvalue weighted by Crippen LogP contribution is 2.29. The zero-order valence-electron chi connectivity index (χ0n) is 14.8. The standard InChI is InChI=1S/C19H25NO4/c1-5-11-23-17-10-8-15(12-18(17)22-6-2)19(21)20(4)13-16-9-7-14(3)24-16/h7-10,12H,5-6,11,13H2,1-4H3. The highest BCUT2D eigenvalue weighted by Gasteiger charge is 2.16. The van der Waals surface area contributed by atoms with Gasteiger partial charge in [0.2, 0.25) is 0 Å². The first-order chi connectivity index (χ1) is 11.5. The third-order valence-electron chi connectivity index (χ3n) is 3.49. The maximum Gasteiger partial charge on any atom is 0.254 e. The van der Waals surface area contributed by atoms with Crippen LogP contribution in [0.3, 0.4) is 0 Å². The van der Waals surface area contributed by atoms with Gasteiger partial charge >= 0.3 is 0 Å². The third-order valence-corrected chi connectivity index (χ3v) is 3.49. The number of amides is 1. The van der Waals surface area contributed by atoms with E-state index in [0.717, 1.165) is 17.9 Å². The lowest BCUT2D eigenvalue weighted by atomic mass is 10.1. The van der Waals surface area contributed by atoms with Crippen molar-refractivity contribution in [3.63, 3.8) is 0 Å². The predicted molar refractivity (Wildman–Crippen MR) is 92.6 cm³/mol. The van der Waals surface area contributed by atoms with Gasteiger partial charge in [0.1, 0.15) is 11.5 Å². The molecule has 0 aliphatic carbocycles. The summed E-state index contributed by atoms with van der Waals surface area (Å²) in [6, 6.07) is 9.06. The van der Waals surface area contributed by atoms with Crippen molar-refractivity contribution in [2.75, 3.05) is 20.3 Å². The number of furan rings is 1. The summed E-state index contributed by atoms with van der Waals surface area (Å²) in [5.41, 5.74) is 0.563. The van der Waals surface area contributed by atoms with E-state index in [4.69, 9.17) is 13.9 Å². The Morgan fingerprint density at radius 1 is 1.12 bits per heavy atom. The lowest BCUT2D eigenvalue weighted by Crippen LogP contribution is -2.26. The van der Waals surface area contributed by atoms with Crippen molar-refractivity contribution in [2.45, 2.75) is 33.7 Å². The second kappa shape index (κ2) is 8.43. The van der Waals surface area contributed by atoms with Crippen LogP contribution in [0.1, 0.15) is 42.1 Å². The van der Waals surface area contributed by atoms with Crippen LogP contribution in [0.15, 0.2) is 34.7 Å². The molecule has 0 N–H and O–H groups in total. The molecule has 0 saturated heterocycles. The second-order valence-electron chi connectivity index (χ2n) is 5.62. The SMILES string of the molecule is CCCOc1ccc(C(=O)N(C)Cc2ccc(C)o2)cc1OCC. The summed E-state index contributed by atoms with van der Waals surface area (Å²) in [5, 5.41) is 0. The molecule has 24 heavy (non-hydrogen) atoms. The van der Waals surface area contributed by atoms with Crippen molar-refractivity contribution >= 4 is 5.91 Å². The number of rotatable bonds is 8. The first-order valence-electron chi connectivity index (χ1n) is 8.25. The number of benzene rings is 1. The molecule has 5 nitrogen and oxygen atoms in total. The molecule has 1 amide bonds. The van der Waals surface area contributed by atoms with Crippen molar-refractivity contribution in [3.8, 4) is 11.5 Å². The molecule has 130 valence electrons. The van der Waals surface area contributed by atoms with Crippen molar-refractivity contribution in [1.29, 1.82) is 0 Å². The summed E-state index contributed by atoms with van der Waals surface area (Å²) < 4.78 is 16.8. The Morgan fingerprint density at radius 2 is 1.92 bits per heavy atom. The van der Waals surface area contributed by atoms with Crippen LogP contribution in [0.4, 0.5) is 0 Å².